The van der Waals surface area contributed by atoms with Gasteiger partial charge in [0.1, 0.15) is 0 Å². The van der Waals surface area contributed by atoms with Gasteiger partial charge in [0.2, 0.25) is 0 Å². The normalized spacial score (nSPS) is 11.2. The predicted octanol–water partition coefficient (Wildman–Crippen LogP) is 6.03. The molecule has 0 bridgehead atoms. The Labute approximate surface area is 182 Å². The smallest absolute Gasteiger partial charge is 0.678 e. The third-order valence-electron chi connectivity index (χ3n) is 3.01. The van der Waals surface area contributed by atoms with Crippen molar-refractivity contribution >= 4 is 13.6 Å². The largest absolute Gasteiger partial charge is 6.00 e. The Kier molecular flexibility index (Phi) is 56.3. The van der Waals surface area contributed by atoms with E-state index in [-0.39, 0.29) is 31.8 Å². The molecule has 7 heteroatoms. The molecule has 0 radical (unpaired) electrons. The van der Waals surface area contributed by atoms with Gasteiger partial charge in [-0.1, -0.05) is 80.1 Å². The number of rotatable bonds is 14. The molecule has 27 heavy (non-hydrogen) atoms. The molecule has 0 heterocycles. The summed E-state index contributed by atoms with van der Waals surface area (Å²) in [7, 11) is 0. The molecule has 162 valence electrons. The molecule has 0 rings (SSSR count). The van der Waals surface area contributed by atoms with Gasteiger partial charge in [-0.25, -0.2) is 12.3 Å². The molecule has 0 saturated heterocycles. The Hall–Kier alpha value is -0.197. The fraction of sp³-hybridized carbons (Fsp3) is 0.900. The molecule has 0 aromatic carbocycles. The molecule has 0 saturated carbocycles. The van der Waals surface area contributed by atoms with E-state index in [2.05, 4.69) is 76.4 Å². The van der Waals surface area contributed by atoms with Crippen LogP contribution in [0.2, 0.25) is 0 Å². The zero-order chi connectivity index (χ0) is 21.1. The second-order valence-electron chi connectivity index (χ2n) is 5.35. The van der Waals surface area contributed by atoms with E-state index in [1.807, 2.05) is 0 Å². The van der Waals surface area contributed by atoms with Gasteiger partial charge in [-0.05, 0) is 0 Å². The van der Waals surface area contributed by atoms with Crippen LogP contribution in [0.25, 0.3) is 21.3 Å². The molecule has 0 aliphatic heterocycles. The summed E-state index contributed by atoms with van der Waals surface area (Å²) in [5.74, 6) is 0. The molecule has 2 atom stereocenters. The Bertz CT molecular complexity index is 194. The second kappa shape index (κ2) is 40.5. The second-order valence-corrected chi connectivity index (χ2v) is 5.35. The van der Waals surface area contributed by atoms with Crippen molar-refractivity contribution in [1.82, 2.24) is 0 Å². The van der Waals surface area contributed by atoms with Crippen molar-refractivity contribution in [3.05, 3.63) is 21.3 Å². The van der Waals surface area contributed by atoms with Crippen LogP contribution < -0.4 is 0 Å². The van der Waals surface area contributed by atoms with Gasteiger partial charge in [-0.15, -0.1) is 0 Å². The van der Waals surface area contributed by atoms with Crippen LogP contribution in [0.1, 0.15) is 80.1 Å². The van der Waals surface area contributed by atoms with Gasteiger partial charge in [0, 0.05) is 0 Å². The maximum absolute atomic E-state index is 7.75. The van der Waals surface area contributed by atoms with Crippen LogP contribution in [-0.2, 0) is 29.1 Å². The molecule has 0 aromatic heterocycles. The van der Waals surface area contributed by atoms with E-state index in [1.165, 1.54) is 12.8 Å². The van der Waals surface area contributed by atoms with Crippen molar-refractivity contribution < 1.29 is 29.1 Å². The molecule has 6 nitrogen and oxygen atoms in total. The third-order valence-corrected chi connectivity index (χ3v) is 3.01. The van der Waals surface area contributed by atoms with Gasteiger partial charge in [0.05, 0.1) is 0 Å². The average molecular weight is 472 g/mol. The summed E-state index contributed by atoms with van der Waals surface area (Å²) in [4.78, 5) is 15.5. The van der Waals surface area contributed by atoms with Crippen molar-refractivity contribution in [2.75, 3.05) is 26.2 Å². The van der Waals surface area contributed by atoms with Gasteiger partial charge in [-0.2, -0.15) is 26.2 Å². The number of hydrogen-bond acceptors (Lipinski definition) is 2. The van der Waals surface area contributed by atoms with Crippen molar-refractivity contribution in [2.45, 2.75) is 92.4 Å². The predicted molar refractivity (Wildman–Crippen MR) is 116 cm³/mol. The van der Waals surface area contributed by atoms with Crippen LogP contribution >= 0.6 is 0 Å². The fourth-order valence-electron chi connectivity index (χ4n) is 1.97. The Morgan fingerprint density at radius 3 is 1.04 bits per heavy atom. The van der Waals surface area contributed by atoms with Gasteiger partial charge in [0.25, 0.3) is 0 Å². The van der Waals surface area contributed by atoms with Gasteiger partial charge in [0.15, 0.2) is 0 Å². The van der Waals surface area contributed by atoms with E-state index in [9.17, 15) is 0 Å². The molecule has 0 fully saturated rings. The van der Waals surface area contributed by atoms with E-state index in [1.54, 1.807) is 0 Å². The summed E-state index contributed by atoms with van der Waals surface area (Å²) in [6, 6.07) is 0. The van der Waals surface area contributed by atoms with Crippen molar-refractivity contribution in [1.29, 1.82) is 0 Å². The average Bonchev–Trinajstić information content (AvgIpc) is 2.68. The molecule has 0 amide bonds. The van der Waals surface area contributed by atoms with Crippen LogP contribution in [0.3, 0.4) is 0 Å². The first-order chi connectivity index (χ1) is 12.7. The van der Waals surface area contributed by atoms with Crippen LogP contribution in [0.4, 0.5) is 0 Å². The molecule has 0 spiro atoms. The topological polar surface area (TPSA) is 90.5 Å². The van der Waals surface area contributed by atoms with E-state index in [4.69, 9.17) is 9.59 Å². The van der Waals surface area contributed by atoms with E-state index < -0.39 is 0 Å². The molecular weight excluding hydrogens is 429 g/mol. The van der Waals surface area contributed by atoms with E-state index >= 15 is 0 Å². The quantitative estimate of drug-likeness (QED) is 0.176. The number of hydrogen-bond donors (Lipinski definition) is 0. The third kappa shape index (κ3) is 37.3. The summed E-state index contributed by atoms with van der Waals surface area (Å²) in [6.45, 7) is 23.0. The minimum Gasteiger partial charge on any atom is -0.678 e. The summed E-state index contributed by atoms with van der Waals surface area (Å²) in [6.07, 6.45) is 7.44. The van der Waals surface area contributed by atoms with Crippen LogP contribution in [0.15, 0.2) is 0 Å². The summed E-state index contributed by atoms with van der Waals surface area (Å²) >= 11 is 0. The minimum atomic E-state index is 0. The minimum absolute atomic E-state index is 0. The maximum atomic E-state index is 7.75. The standard InChI is InChI=1S/2C9H20N2.2CHO.Ru/c2*1-4-7-9(10-6-3)11-8-5-2;2*1-2;/h2*9H,4-8H2,1-3H3;2*1H;/q2*-2;2*-1;+6. The van der Waals surface area contributed by atoms with Crippen LogP contribution in [-0.4, -0.2) is 52.1 Å². The monoisotopic (exact) mass is 472 g/mol. The first kappa shape index (κ1) is 37.5. The number of carbonyl (C=O) groups excluding carboxylic acids is 2. The summed E-state index contributed by atoms with van der Waals surface area (Å²) < 4.78 is 0. The van der Waals surface area contributed by atoms with Gasteiger partial charge >= 0.3 is 19.5 Å². The summed E-state index contributed by atoms with van der Waals surface area (Å²) in [5.41, 5.74) is 0. The maximum Gasteiger partial charge on any atom is 6.00 e. The van der Waals surface area contributed by atoms with Crippen LogP contribution in [0.5, 0.6) is 0 Å². The van der Waals surface area contributed by atoms with E-state index in [0.29, 0.717) is 0 Å². The van der Waals surface area contributed by atoms with Gasteiger partial charge in [-0.3, -0.25) is 13.6 Å². The molecule has 0 aromatic rings. The zero-order valence-electron chi connectivity index (χ0n) is 18.3. The fourth-order valence-corrected chi connectivity index (χ4v) is 1.97. The van der Waals surface area contributed by atoms with Crippen molar-refractivity contribution in [3.63, 3.8) is 0 Å². The Morgan fingerprint density at radius 2 is 0.852 bits per heavy atom. The molecule has 0 N–H and O–H groups in total. The van der Waals surface area contributed by atoms with Gasteiger partial charge < -0.3 is 30.9 Å². The summed E-state index contributed by atoms with van der Waals surface area (Å²) in [5, 5.41) is 17.7. The van der Waals surface area contributed by atoms with Crippen LogP contribution in [0, 0.1) is 0 Å². The first-order valence-corrected chi connectivity index (χ1v) is 9.83. The van der Waals surface area contributed by atoms with Crippen molar-refractivity contribution in [3.8, 4) is 0 Å². The number of nitrogens with zero attached hydrogens (tertiary/aromatic N) is 4. The Balaban J connectivity index is -0.0000000975. The van der Waals surface area contributed by atoms with Crippen molar-refractivity contribution in [2.24, 2.45) is 0 Å². The Morgan fingerprint density at radius 1 is 0.556 bits per heavy atom. The molecular formula is C20H42N4O2Ru. The first-order valence-electron chi connectivity index (χ1n) is 9.83. The zero-order valence-corrected chi connectivity index (χ0v) is 20.1. The molecule has 2 unspecified atom stereocenters. The molecule has 0 aliphatic rings. The molecule has 0 aliphatic carbocycles. The van der Waals surface area contributed by atoms with E-state index in [0.717, 1.165) is 51.9 Å². The SMILES string of the molecule is CCC[N-]C(CCC)[N-]CC.CCC[N-]C(CCC)[N-]CC.[CH-]=O.[CH-]=O.[Ru+6].